The molecule has 0 saturated heterocycles. The summed E-state index contributed by atoms with van der Waals surface area (Å²) in [6.45, 7) is -0.190. The molecule has 1 N–H and O–H groups in total. The number of nitro benzene ring substituents is 1. The number of esters is 1. The number of nitro groups is 1. The monoisotopic (exact) mass is 525 g/mol. The van der Waals surface area contributed by atoms with Crippen LogP contribution < -0.4 is 0 Å². The summed E-state index contributed by atoms with van der Waals surface area (Å²) in [7, 11) is 0. The highest BCUT2D eigenvalue weighted by Crippen LogP contribution is 2.28. The number of hydrogen-bond acceptors (Lipinski definition) is 5. The highest BCUT2D eigenvalue weighted by molar-refractivity contribution is 14.1. The Hall–Kier alpha value is -1.43. The summed E-state index contributed by atoms with van der Waals surface area (Å²) in [5.74, 6) is -0.495. The zero-order valence-electron chi connectivity index (χ0n) is 11.0. The summed E-state index contributed by atoms with van der Waals surface area (Å²) in [6, 6.07) is 9.09. The Morgan fingerprint density at radius 3 is 2.41 bits per heavy atom. The number of para-hydroxylation sites is 1. The number of hydrogen-bond donors (Lipinski definition) is 1. The Balaban J connectivity index is 2.16. The van der Waals surface area contributed by atoms with Crippen LogP contribution in [-0.2, 0) is 11.3 Å². The predicted molar refractivity (Wildman–Crippen MR) is 95.8 cm³/mol. The van der Waals surface area contributed by atoms with Crippen LogP contribution in [0.25, 0.3) is 0 Å². The molecule has 0 aliphatic rings. The van der Waals surface area contributed by atoms with Crippen molar-refractivity contribution in [3.05, 3.63) is 64.8 Å². The SMILES string of the molecule is O=C(OCc1ccccc1[N+](=O)[O-])c1cc(I)c(O)c(I)c1. The summed E-state index contributed by atoms with van der Waals surface area (Å²) in [4.78, 5) is 22.4. The van der Waals surface area contributed by atoms with Crippen molar-refractivity contribution in [2.45, 2.75) is 6.61 Å². The van der Waals surface area contributed by atoms with E-state index in [-0.39, 0.29) is 23.6 Å². The molecule has 6 nitrogen and oxygen atoms in total. The number of carbonyl (C=O) groups is 1. The van der Waals surface area contributed by atoms with E-state index in [0.29, 0.717) is 12.7 Å². The number of ether oxygens (including phenoxy) is 1. The van der Waals surface area contributed by atoms with Crippen LogP contribution in [0.1, 0.15) is 15.9 Å². The molecule has 2 rings (SSSR count). The number of rotatable bonds is 4. The fourth-order valence-corrected chi connectivity index (χ4v) is 3.49. The lowest BCUT2D eigenvalue weighted by atomic mass is 10.2. The number of carbonyl (C=O) groups excluding carboxylic acids is 1. The van der Waals surface area contributed by atoms with Gasteiger partial charge in [0.15, 0.2) is 0 Å². The molecule has 0 saturated carbocycles. The summed E-state index contributed by atoms with van der Waals surface area (Å²) in [5, 5.41) is 20.6. The van der Waals surface area contributed by atoms with Crippen molar-refractivity contribution >= 4 is 56.8 Å². The quantitative estimate of drug-likeness (QED) is 0.284. The number of nitrogens with zero attached hydrogens (tertiary/aromatic N) is 1. The minimum atomic E-state index is -0.603. The van der Waals surface area contributed by atoms with Crippen LogP contribution in [0, 0.1) is 17.3 Å². The first-order valence-electron chi connectivity index (χ1n) is 5.97. The molecule has 0 heterocycles. The Bertz CT molecular complexity index is 725. The lowest BCUT2D eigenvalue weighted by Crippen LogP contribution is -2.07. The number of halogens is 2. The van der Waals surface area contributed by atoms with E-state index in [1.165, 1.54) is 24.3 Å². The molecular formula is C14H9I2NO5. The van der Waals surface area contributed by atoms with Gasteiger partial charge in [0.25, 0.3) is 5.69 Å². The van der Waals surface area contributed by atoms with Gasteiger partial charge >= 0.3 is 5.97 Å². The molecule has 8 heteroatoms. The number of benzene rings is 2. The zero-order valence-corrected chi connectivity index (χ0v) is 15.3. The van der Waals surface area contributed by atoms with Crippen LogP contribution >= 0.6 is 45.2 Å². The molecule has 2 aromatic rings. The van der Waals surface area contributed by atoms with Gasteiger partial charge < -0.3 is 9.84 Å². The van der Waals surface area contributed by atoms with Gasteiger partial charge in [-0.2, -0.15) is 0 Å². The molecule has 114 valence electrons. The van der Waals surface area contributed by atoms with Crippen molar-refractivity contribution in [1.29, 1.82) is 0 Å². The Morgan fingerprint density at radius 1 is 1.23 bits per heavy atom. The van der Waals surface area contributed by atoms with Crippen molar-refractivity contribution in [1.82, 2.24) is 0 Å². The maximum Gasteiger partial charge on any atom is 0.338 e. The molecule has 0 bridgehead atoms. The third-order valence-corrected chi connectivity index (χ3v) is 4.44. The van der Waals surface area contributed by atoms with Gasteiger partial charge in [0.05, 0.1) is 23.2 Å². The lowest BCUT2D eigenvalue weighted by molar-refractivity contribution is -0.385. The molecule has 0 amide bonds. The summed E-state index contributed by atoms with van der Waals surface area (Å²) >= 11 is 3.82. The van der Waals surface area contributed by atoms with E-state index in [1.54, 1.807) is 12.1 Å². The van der Waals surface area contributed by atoms with Gasteiger partial charge in [0.1, 0.15) is 12.4 Å². The molecule has 0 radical (unpaired) electrons. The first kappa shape index (κ1) is 16.9. The highest BCUT2D eigenvalue weighted by Gasteiger charge is 2.16. The van der Waals surface area contributed by atoms with Crippen LogP contribution in [-0.4, -0.2) is 16.0 Å². The first-order valence-corrected chi connectivity index (χ1v) is 8.13. The lowest BCUT2D eigenvalue weighted by Gasteiger charge is -2.07. The second-order valence-corrected chi connectivity index (χ2v) is 6.57. The average Bonchev–Trinajstić information content (AvgIpc) is 2.49. The maximum absolute atomic E-state index is 12.0. The second kappa shape index (κ2) is 7.22. The van der Waals surface area contributed by atoms with Crippen molar-refractivity contribution < 1.29 is 19.6 Å². The fourth-order valence-electron chi connectivity index (χ4n) is 1.72. The van der Waals surface area contributed by atoms with Crippen molar-refractivity contribution in [2.24, 2.45) is 0 Å². The van der Waals surface area contributed by atoms with Crippen molar-refractivity contribution in [2.75, 3.05) is 0 Å². The van der Waals surface area contributed by atoms with Crippen LogP contribution in [0.2, 0.25) is 0 Å². The van der Waals surface area contributed by atoms with Crippen LogP contribution in [0.4, 0.5) is 5.69 Å². The van der Waals surface area contributed by atoms with E-state index >= 15 is 0 Å². The van der Waals surface area contributed by atoms with Gasteiger partial charge in [-0.15, -0.1) is 0 Å². The molecule has 0 fully saturated rings. The average molecular weight is 525 g/mol. The van der Waals surface area contributed by atoms with Gasteiger partial charge in [0.2, 0.25) is 0 Å². The molecular weight excluding hydrogens is 516 g/mol. The van der Waals surface area contributed by atoms with Gasteiger partial charge in [-0.3, -0.25) is 10.1 Å². The van der Waals surface area contributed by atoms with Crippen molar-refractivity contribution in [3.8, 4) is 5.75 Å². The highest BCUT2D eigenvalue weighted by atomic mass is 127. The molecule has 0 aliphatic heterocycles. The number of phenolic OH excluding ortho intramolecular Hbond substituents is 1. The molecule has 0 aliphatic carbocycles. The standard InChI is InChI=1S/C14H9I2NO5/c15-10-5-9(6-11(16)13(10)18)14(19)22-7-8-3-1-2-4-12(8)17(20)21/h1-6,18H,7H2. The number of aromatic hydroxyl groups is 1. The topological polar surface area (TPSA) is 89.7 Å². The Labute approximate surface area is 152 Å². The minimum Gasteiger partial charge on any atom is -0.506 e. The third kappa shape index (κ3) is 3.85. The van der Waals surface area contributed by atoms with Gasteiger partial charge in [-0.25, -0.2) is 4.79 Å². The van der Waals surface area contributed by atoms with Crippen molar-refractivity contribution in [3.63, 3.8) is 0 Å². The van der Waals surface area contributed by atoms with E-state index in [1.807, 2.05) is 45.2 Å². The largest absolute Gasteiger partial charge is 0.506 e. The maximum atomic E-state index is 12.0. The Kier molecular flexibility index (Phi) is 5.56. The zero-order chi connectivity index (χ0) is 16.3. The Morgan fingerprint density at radius 2 is 1.82 bits per heavy atom. The van der Waals surface area contributed by atoms with E-state index in [9.17, 15) is 20.0 Å². The first-order chi connectivity index (χ1) is 10.4. The smallest absolute Gasteiger partial charge is 0.338 e. The van der Waals surface area contributed by atoms with Gasteiger partial charge in [0, 0.05) is 6.07 Å². The minimum absolute atomic E-state index is 0.0924. The fraction of sp³-hybridized carbons (Fsp3) is 0.0714. The summed E-state index contributed by atoms with van der Waals surface area (Å²) < 4.78 is 6.18. The van der Waals surface area contributed by atoms with Crippen LogP contribution in [0.3, 0.4) is 0 Å². The predicted octanol–water partition coefficient (Wildman–Crippen LogP) is 3.87. The second-order valence-electron chi connectivity index (χ2n) is 4.25. The van der Waals surface area contributed by atoms with Crippen LogP contribution in [0.15, 0.2) is 36.4 Å². The molecule has 0 spiro atoms. The number of phenols is 1. The summed E-state index contributed by atoms with van der Waals surface area (Å²) in [6.07, 6.45) is 0. The van der Waals surface area contributed by atoms with E-state index in [2.05, 4.69) is 0 Å². The van der Waals surface area contributed by atoms with E-state index in [4.69, 9.17) is 4.74 Å². The van der Waals surface area contributed by atoms with E-state index < -0.39 is 10.9 Å². The molecule has 2 aromatic carbocycles. The van der Waals surface area contributed by atoms with Gasteiger partial charge in [-0.1, -0.05) is 12.1 Å². The van der Waals surface area contributed by atoms with E-state index in [0.717, 1.165) is 0 Å². The molecule has 0 unspecified atom stereocenters. The normalized spacial score (nSPS) is 10.3. The summed E-state index contributed by atoms with van der Waals surface area (Å²) in [5.41, 5.74) is 0.513. The molecule has 22 heavy (non-hydrogen) atoms. The third-order valence-electron chi connectivity index (χ3n) is 2.80. The van der Waals surface area contributed by atoms with Crippen LogP contribution in [0.5, 0.6) is 5.75 Å². The molecule has 0 atom stereocenters. The molecule has 0 aromatic heterocycles. The van der Waals surface area contributed by atoms with Gasteiger partial charge in [-0.05, 0) is 63.4 Å².